The number of nitrogens with one attached hydrogen (secondary N) is 1. The van der Waals surface area contributed by atoms with Crippen molar-refractivity contribution < 1.29 is 18.8 Å². The van der Waals surface area contributed by atoms with Crippen LogP contribution in [0.25, 0.3) is 11.3 Å². The Kier molecular flexibility index (Phi) is 4.31. The number of hydrogen-bond donors (Lipinski definition) is 1. The van der Waals surface area contributed by atoms with Crippen molar-refractivity contribution in [3.8, 4) is 22.8 Å². The first-order valence-corrected chi connectivity index (χ1v) is 8.39. The zero-order chi connectivity index (χ0) is 17.9. The Balaban J connectivity index is 1.44. The van der Waals surface area contributed by atoms with Crippen molar-refractivity contribution in [2.24, 2.45) is 0 Å². The van der Waals surface area contributed by atoms with Crippen molar-refractivity contribution in [2.75, 3.05) is 18.5 Å². The molecule has 26 heavy (non-hydrogen) atoms. The van der Waals surface area contributed by atoms with Crippen LogP contribution in [0.15, 0.2) is 53.1 Å². The van der Waals surface area contributed by atoms with Crippen molar-refractivity contribution in [1.29, 1.82) is 0 Å². The number of amides is 1. The van der Waals surface area contributed by atoms with Crippen molar-refractivity contribution in [1.82, 2.24) is 5.16 Å². The molecule has 4 rings (SSSR count). The topological polar surface area (TPSA) is 73.6 Å². The minimum Gasteiger partial charge on any atom is -0.486 e. The van der Waals surface area contributed by atoms with Gasteiger partial charge in [0.15, 0.2) is 17.3 Å². The molecule has 0 atom stereocenters. The van der Waals surface area contributed by atoms with Crippen molar-refractivity contribution >= 4 is 11.6 Å². The Morgan fingerprint density at radius 3 is 2.62 bits per heavy atom. The Labute approximate surface area is 150 Å². The summed E-state index contributed by atoms with van der Waals surface area (Å²) in [5, 5.41) is 6.84. The first-order chi connectivity index (χ1) is 12.7. The van der Waals surface area contributed by atoms with Crippen LogP contribution in [0.5, 0.6) is 11.5 Å². The van der Waals surface area contributed by atoms with Crippen LogP contribution in [0.2, 0.25) is 0 Å². The zero-order valence-corrected chi connectivity index (χ0v) is 14.3. The molecule has 0 spiro atoms. The van der Waals surface area contributed by atoms with E-state index in [0.29, 0.717) is 30.4 Å². The third-order valence-corrected chi connectivity index (χ3v) is 4.06. The lowest BCUT2D eigenvalue weighted by Gasteiger charge is -2.18. The summed E-state index contributed by atoms with van der Waals surface area (Å²) in [6.07, 6.45) is 0.141. The van der Waals surface area contributed by atoms with Gasteiger partial charge in [-0.15, -0.1) is 0 Å². The third kappa shape index (κ3) is 3.54. The van der Waals surface area contributed by atoms with Crippen molar-refractivity contribution in [2.45, 2.75) is 13.3 Å². The molecular formula is C20H18N2O4. The van der Waals surface area contributed by atoms with Gasteiger partial charge in [0.25, 0.3) is 0 Å². The highest BCUT2D eigenvalue weighted by molar-refractivity contribution is 5.92. The molecule has 0 fully saturated rings. The summed E-state index contributed by atoms with van der Waals surface area (Å²) in [7, 11) is 0. The van der Waals surface area contributed by atoms with E-state index in [4.69, 9.17) is 14.0 Å². The van der Waals surface area contributed by atoms with Gasteiger partial charge in [-0.1, -0.05) is 22.9 Å². The number of carbonyl (C=O) groups is 1. The third-order valence-electron chi connectivity index (χ3n) is 4.06. The number of aryl methyl sites for hydroxylation is 1. The fraction of sp³-hybridized carbons (Fsp3) is 0.200. The molecule has 0 unspecified atom stereocenters. The van der Waals surface area contributed by atoms with E-state index in [2.05, 4.69) is 10.5 Å². The van der Waals surface area contributed by atoms with E-state index in [1.807, 2.05) is 49.4 Å². The molecule has 2 aromatic carbocycles. The lowest BCUT2D eigenvalue weighted by atomic mass is 10.1. The van der Waals surface area contributed by atoms with E-state index in [-0.39, 0.29) is 12.3 Å². The van der Waals surface area contributed by atoms with Crippen LogP contribution in [0, 0.1) is 6.92 Å². The molecule has 1 aliphatic rings. The summed E-state index contributed by atoms with van der Waals surface area (Å²) in [4.78, 5) is 12.2. The molecule has 1 amide bonds. The molecule has 0 bridgehead atoms. The van der Waals surface area contributed by atoms with Crippen LogP contribution in [0.4, 0.5) is 5.69 Å². The van der Waals surface area contributed by atoms with E-state index in [0.717, 1.165) is 22.6 Å². The molecule has 0 saturated carbocycles. The van der Waals surface area contributed by atoms with Crippen LogP contribution < -0.4 is 14.8 Å². The first kappa shape index (κ1) is 16.2. The molecule has 1 aromatic heterocycles. The van der Waals surface area contributed by atoms with E-state index in [1.54, 1.807) is 6.07 Å². The summed E-state index contributed by atoms with van der Waals surface area (Å²) in [6.45, 7) is 3.08. The molecule has 0 radical (unpaired) electrons. The van der Waals surface area contributed by atoms with E-state index < -0.39 is 0 Å². The monoisotopic (exact) mass is 350 g/mol. The lowest BCUT2D eigenvalue weighted by Crippen LogP contribution is -2.15. The second kappa shape index (κ2) is 6.92. The number of hydrogen-bond acceptors (Lipinski definition) is 5. The maximum Gasteiger partial charge on any atom is 0.230 e. The maximum atomic E-state index is 12.2. The van der Waals surface area contributed by atoms with E-state index >= 15 is 0 Å². The zero-order valence-electron chi connectivity index (χ0n) is 14.3. The summed E-state index contributed by atoms with van der Waals surface area (Å²) in [5.41, 5.74) is 3.30. The average Bonchev–Trinajstić information content (AvgIpc) is 3.11. The molecule has 6 nitrogen and oxygen atoms in total. The van der Waals surface area contributed by atoms with Crippen molar-refractivity contribution in [3.05, 3.63) is 59.8 Å². The van der Waals surface area contributed by atoms with Gasteiger partial charge >= 0.3 is 0 Å². The van der Waals surface area contributed by atoms with Gasteiger partial charge in [0.2, 0.25) is 5.91 Å². The number of anilines is 1. The standard InChI is InChI=1S/C20H18N2O4/c1-13-2-5-15(6-3-13)21-20(23)12-16-11-18(26-22-16)14-4-7-17-19(10-14)25-9-8-24-17/h2-7,10-11H,8-9,12H2,1H3,(H,21,23). The molecular weight excluding hydrogens is 332 g/mol. The predicted molar refractivity (Wildman–Crippen MR) is 96.4 cm³/mol. The molecule has 0 aliphatic carbocycles. The number of rotatable bonds is 4. The molecule has 132 valence electrons. The van der Waals surface area contributed by atoms with Crippen LogP contribution in [0.3, 0.4) is 0 Å². The fourth-order valence-corrected chi connectivity index (χ4v) is 2.73. The first-order valence-electron chi connectivity index (χ1n) is 8.39. The van der Waals surface area contributed by atoms with E-state index in [1.165, 1.54) is 0 Å². The highest BCUT2D eigenvalue weighted by Gasteiger charge is 2.15. The highest BCUT2D eigenvalue weighted by atomic mass is 16.6. The van der Waals surface area contributed by atoms with Gasteiger partial charge in [-0.05, 0) is 37.3 Å². The molecule has 1 N–H and O–H groups in total. The highest BCUT2D eigenvalue weighted by Crippen LogP contribution is 2.34. The summed E-state index contributed by atoms with van der Waals surface area (Å²) in [5.74, 6) is 1.84. The van der Waals surface area contributed by atoms with Crippen LogP contribution in [0.1, 0.15) is 11.3 Å². The Morgan fingerprint density at radius 2 is 1.81 bits per heavy atom. The number of aromatic nitrogens is 1. The van der Waals surface area contributed by atoms with E-state index in [9.17, 15) is 4.79 Å². The number of nitrogens with zero attached hydrogens (tertiary/aromatic N) is 1. The smallest absolute Gasteiger partial charge is 0.230 e. The van der Waals surface area contributed by atoms with Gasteiger partial charge in [0.1, 0.15) is 13.2 Å². The lowest BCUT2D eigenvalue weighted by molar-refractivity contribution is -0.115. The SMILES string of the molecule is Cc1ccc(NC(=O)Cc2cc(-c3ccc4c(c3)OCCO4)on2)cc1. The Morgan fingerprint density at radius 1 is 1.04 bits per heavy atom. The average molecular weight is 350 g/mol. The second-order valence-electron chi connectivity index (χ2n) is 6.13. The Bertz CT molecular complexity index is 931. The fourth-order valence-electron chi connectivity index (χ4n) is 2.73. The quantitative estimate of drug-likeness (QED) is 0.778. The number of ether oxygens (including phenoxy) is 2. The van der Waals surface area contributed by atoms with Crippen LogP contribution in [-0.4, -0.2) is 24.3 Å². The molecule has 3 aromatic rings. The maximum absolute atomic E-state index is 12.2. The second-order valence-corrected chi connectivity index (χ2v) is 6.13. The number of benzene rings is 2. The molecule has 2 heterocycles. The van der Waals surface area contributed by atoms with Crippen LogP contribution in [-0.2, 0) is 11.2 Å². The summed E-state index contributed by atoms with van der Waals surface area (Å²) >= 11 is 0. The number of fused-ring (bicyclic) bond motifs is 1. The minimum atomic E-state index is -0.143. The van der Waals surface area contributed by atoms with Gasteiger partial charge in [0.05, 0.1) is 12.1 Å². The number of carbonyl (C=O) groups excluding carboxylic acids is 1. The van der Waals surface area contributed by atoms with Crippen molar-refractivity contribution in [3.63, 3.8) is 0 Å². The summed E-state index contributed by atoms with van der Waals surface area (Å²) < 4.78 is 16.5. The normalized spacial score (nSPS) is 12.7. The van der Waals surface area contributed by atoms with Gasteiger partial charge < -0.3 is 19.3 Å². The van der Waals surface area contributed by atoms with Crippen LogP contribution >= 0.6 is 0 Å². The summed E-state index contributed by atoms with van der Waals surface area (Å²) in [6, 6.07) is 15.0. The van der Waals surface area contributed by atoms with Gasteiger partial charge in [-0.2, -0.15) is 0 Å². The predicted octanol–water partition coefficient (Wildman–Crippen LogP) is 3.60. The van der Waals surface area contributed by atoms with Gasteiger partial charge in [-0.3, -0.25) is 4.79 Å². The Hall–Kier alpha value is -3.28. The minimum absolute atomic E-state index is 0.141. The molecule has 6 heteroatoms. The molecule has 0 saturated heterocycles. The van der Waals surface area contributed by atoms with Gasteiger partial charge in [-0.25, -0.2) is 0 Å². The molecule has 1 aliphatic heterocycles. The largest absolute Gasteiger partial charge is 0.486 e. The van der Waals surface area contributed by atoms with Gasteiger partial charge in [0, 0.05) is 17.3 Å².